The summed E-state index contributed by atoms with van der Waals surface area (Å²) in [6.07, 6.45) is 1.93. The summed E-state index contributed by atoms with van der Waals surface area (Å²) in [4.78, 5) is 0. The fourth-order valence-corrected chi connectivity index (χ4v) is 1.91. The molecule has 0 fully saturated rings. The van der Waals surface area contributed by atoms with Crippen LogP contribution in [0, 0.1) is 6.92 Å². The molecule has 1 aromatic carbocycles. The first-order valence-electron chi connectivity index (χ1n) is 6.53. The van der Waals surface area contributed by atoms with Crippen molar-refractivity contribution in [2.24, 2.45) is 0 Å². The van der Waals surface area contributed by atoms with Crippen LogP contribution in [0.4, 0.5) is 0 Å². The molecule has 0 aliphatic rings. The van der Waals surface area contributed by atoms with E-state index in [1.165, 1.54) is 11.3 Å². The molecule has 2 rings (SSSR count). The van der Waals surface area contributed by atoms with Crippen molar-refractivity contribution in [3.8, 4) is 11.4 Å². The van der Waals surface area contributed by atoms with Gasteiger partial charge in [-0.25, -0.2) is 4.68 Å². The number of nitrogens with zero attached hydrogens (tertiary/aromatic N) is 2. The first-order chi connectivity index (χ1) is 9.11. The highest BCUT2D eigenvalue weighted by atomic mass is 16.5. The predicted molar refractivity (Wildman–Crippen MR) is 76.8 cm³/mol. The molecule has 19 heavy (non-hydrogen) atoms. The zero-order valence-electron chi connectivity index (χ0n) is 12.0. The molecule has 0 spiro atoms. The van der Waals surface area contributed by atoms with Crippen LogP contribution in [0.5, 0.6) is 5.75 Å². The van der Waals surface area contributed by atoms with Crippen molar-refractivity contribution in [3.05, 3.63) is 41.7 Å². The highest BCUT2D eigenvalue weighted by molar-refractivity contribution is 5.39. The Morgan fingerprint density at radius 3 is 2.53 bits per heavy atom. The number of nitrogens with one attached hydrogen (secondary N) is 1. The predicted octanol–water partition coefficient (Wildman–Crippen LogP) is 2.69. The van der Waals surface area contributed by atoms with Gasteiger partial charge in [0.15, 0.2) is 0 Å². The highest BCUT2D eigenvalue weighted by Crippen LogP contribution is 2.17. The van der Waals surface area contributed by atoms with E-state index in [2.05, 4.69) is 31.2 Å². The fraction of sp³-hybridized carbons (Fsp3) is 0.400. The maximum absolute atomic E-state index is 5.17. The maximum Gasteiger partial charge on any atom is 0.119 e. The van der Waals surface area contributed by atoms with Gasteiger partial charge in [0.1, 0.15) is 5.75 Å². The Labute approximate surface area is 114 Å². The normalized spacial score (nSPS) is 11.0. The minimum atomic E-state index is 0.476. The number of ether oxygens (including phenoxy) is 1. The zero-order valence-corrected chi connectivity index (χ0v) is 12.0. The monoisotopic (exact) mass is 259 g/mol. The topological polar surface area (TPSA) is 39.1 Å². The summed E-state index contributed by atoms with van der Waals surface area (Å²) in [5.41, 5.74) is 3.44. The first-order valence-corrected chi connectivity index (χ1v) is 6.53. The molecule has 0 unspecified atom stereocenters. The van der Waals surface area contributed by atoms with Crippen molar-refractivity contribution in [2.75, 3.05) is 7.11 Å². The standard InChI is InChI=1S/C15H21N3O/c1-11(2)16-9-13-10-17-18(12(13)3)14-5-7-15(19-4)8-6-14/h5-8,10-11,16H,9H2,1-4H3. The third kappa shape index (κ3) is 3.15. The van der Waals surface area contributed by atoms with Gasteiger partial charge < -0.3 is 10.1 Å². The van der Waals surface area contributed by atoms with Crippen LogP contribution in [0.1, 0.15) is 25.1 Å². The van der Waals surface area contributed by atoms with Gasteiger partial charge in [0.25, 0.3) is 0 Å². The lowest BCUT2D eigenvalue weighted by Crippen LogP contribution is -2.22. The van der Waals surface area contributed by atoms with Crippen LogP contribution in [0.25, 0.3) is 5.69 Å². The first kappa shape index (κ1) is 13.6. The number of hydrogen-bond acceptors (Lipinski definition) is 3. The van der Waals surface area contributed by atoms with E-state index in [0.29, 0.717) is 6.04 Å². The second-order valence-corrected chi connectivity index (χ2v) is 4.90. The summed E-state index contributed by atoms with van der Waals surface area (Å²) in [5.74, 6) is 0.857. The SMILES string of the molecule is COc1ccc(-n2ncc(CNC(C)C)c2C)cc1. The number of benzene rings is 1. The number of rotatable bonds is 5. The van der Waals surface area contributed by atoms with Gasteiger partial charge in [-0.1, -0.05) is 13.8 Å². The zero-order chi connectivity index (χ0) is 13.8. The Hall–Kier alpha value is -1.81. The molecule has 0 amide bonds. The summed E-state index contributed by atoms with van der Waals surface area (Å²) < 4.78 is 7.12. The van der Waals surface area contributed by atoms with Gasteiger partial charge in [0.05, 0.1) is 19.0 Å². The molecule has 0 bridgehead atoms. The van der Waals surface area contributed by atoms with E-state index in [1.807, 2.05) is 35.1 Å². The maximum atomic E-state index is 5.17. The molecule has 4 nitrogen and oxygen atoms in total. The Morgan fingerprint density at radius 2 is 1.95 bits per heavy atom. The number of aromatic nitrogens is 2. The van der Waals surface area contributed by atoms with Crippen LogP contribution in [0.15, 0.2) is 30.5 Å². The molecule has 0 radical (unpaired) electrons. The molecule has 0 saturated carbocycles. The van der Waals surface area contributed by atoms with Gasteiger partial charge >= 0.3 is 0 Å². The van der Waals surface area contributed by atoms with E-state index in [1.54, 1.807) is 7.11 Å². The number of methoxy groups -OCH3 is 1. The molecule has 102 valence electrons. The van der Waals surface area contributed by atoms with Gasteiger partial charge in [0, 0.05) is 23.8 Å². The third-order valence-electron chi connectivity index (χ3n) is 3.13. The van der Waals surface area contributed by atoms with E-state index in [0.717, 1.165) is 18.0 Å². The quantitative estimate of drug-likeness (QED) is 0.897. The Kier molecular flexibility index (Phi) is 4.22. The molecule has 1 N–H and O–H groups in total. The van der Waals surface area contributed by atoms with Crippen molar-refractivity contribution < 1.29 is 4.74 Å². The van der Waals surface area contributed by atoms with Gasteiger partial charge in [-0.3, -0.25) is 0 Å². The fourth-order valence-electron chi connectivity index (χ4n) is 1.91. The molecular weight excluding hydrogens is 238 g/mol. The minimum Gasteiger partial charge on any atom is -0.497 e. The van der Waals surface area contributed by atoms with E-state index < -0.39 is 0 Å². The summed E-state index contributed by atoms with van der Waals surface area (Å²) in [5, 5.41) is 7.87. The van der Waals surface area contributed by atoms with Crippen molar-refractivity contribution in [2.45, 2.75) is 33.4 Å². The van der Waals surface area contributed by atoms with Crippen LogP contribution in [-0.4, -0.2) is 22.9 Å². The van der Waals surface area contributed by atoms with Crippen LogP contribution in [0.3, 0.4) is 0 Å². The van der Waals surface area contributed by atoms with E-state index in [4.69, 9.17) is 4.74 Å². The van der Waals surface area contributed by atoms with Crippen LogP contribution in [-0.2, 0) is 6.54 Å². The lowest BCUT2D eigenvalue weighted by molar-refractivity contribution is 0.414. The van der Waals surface area contributed by atoms with Gasteiger partial charge in [-0.15, -0.1) is 0 Å². The summed E-state index contributed by atoms with van der Waals surface area (Å²) >= 11 is 0. The molecule has 1 aromatic heterocycles. The molecule has 2 aromatic rings. The Bertz CT molecular complexity index is 529. The average Bonchev–Trinajstić information content (AvgIpc) is 2.78. The minimum absolute atomic E-state index is 0.476. The van der Waals surface area contributed by atoms with Crippen LogP contribution in [0.2, 0.25) is 0 Å². The molecule has 0 aliphatic carbocycles. The van der Waals surface area contributed by atoms with Gasteiger partial charge in [-0.05, 0) is 31.2 Å². The van der Waals surface area contributed by atoms with E-state index in [-0.39, 0.29) is 0 Å². The largest absolute Gasteiger partial charge is 0.497 e. The van der Waals surface area contributed by atoms with Crippen molar-refractivity contribution >= 4 is 0 Å². The van der Waals surface area contributed by atoms with Crippen molar-refractivity contribution in [3.63, 3.8) is 0 Å². The average molecular weight is 259 g/mol. The molecule has 0 atom stereocenters. The summed E-state index contributed by atoms with van der Waals surface area (Å²) in [6, 6.07) is 8.39. The summed E-state index contributed by atoms with van der Waals surface area (Å²) in [7, 11) is 1.67. The molecule has 1 heterocycles. The lowest BCUT2D eigenvalue weighted by atomic mass is 10.2. The number of hydrogen-bond donors (Lipinski definition) is 1. The second kappa shape index (κ2) is 5.89. The molecule has 4 heteroatoms. The highest BCUT2D eigenvalue weighted by Gasteiger charge is 2.08. The van der Waals surface area contributed by atoms with Crippen LogP contribution < -0.4 is 10.1 Å². The molecule has 0 aliphatic heterocycles. The van der Waals surface area contributed by atoms with Crippen LogP contribution >= 0.6 is 0 Å². The third-order valence-corrected chi connectivity index (χ3v) is 3.13. The lowest BCUT2D eigenvalue weighted by Gasteiger charge is -2.09. The van der Waals surface area contributed by atoms with Gasteiger partial charge in [0.2, 0.25) is 0 Å². The summed E-state index contributed by atoms with van der Waals surface area (Å²) in [6.45, 7) is 7.22. The van der Waals surface area contributed by atoms with E-state index >= 15 is 0 Å². The molecule has 0 saturated heterocycles. The van der Waals surface area contributed by atoms with Crippen molar-refractivity contribution in [1.29, 1.82) is 0 Å². The smallest absolute Gasteiger partial charge is 0.119 e. The Morgan fingerprint density at radius 1 is 1.26 bits per heavy atom. The van der Waals surface area contributed by atoms with E-state index in [9.17, 15) is 0 Å². The molecular formula is C15H21N3O. The van der Waals surface area contributed by atoms with Crippen molar-refractivity contribution in [1.82, 2.24) is 15.1 Å². The second-order valence-electron chi connectivity index (χ2n) is 4.90. The Balaban J connectivity index is 2.20. The van der Waals surface area contributed by atoms with Gasteiger partial charge in [-0.2, -0.15) is 5.10 Å².